The van der Waals surface area contributed by atoms with Crippen molar-refractivity contribution in [1.82, 2.24) is 5.43 Å². The van der Waals surface area contributed by atoms with E-state index < -0.39 is 0 Å². The third-order valence-corrected chi connectivity index (χ3v) is 2.32. The number of hydrogen-bond acceptors (Lipinski definition) is 4. The molecule has 0 heterocycles. The summed E-state index contributed by atoms with van der Waals surface area (Å²) in [5.74, 6) is 4.88. The van der Waals surface area contributed by atoms with Gasteiger partial charge in [-0.2, -0.15) is 0 Å². The molecule has 0 aliphatic heterocycles. The van der Waals surface area contributed by atoms with Gasteiger partial charge in [0.05, 0.1) is 16.9 Å². The molecule has 16 heavy (non-hydrogen) atoms. The van der Waals surface area contributed by atoms with Gasteiger partial charge in [-0.25, -0.2) is 5.84 Å². The Morgan fingerprint density at radius 2 is 1.81 bits per heavy atom. The van der Waals surface area contributed by atoms with Gasteiger partial charge in [0.1, 0.15) is 0 Å². The smallest absolute Gasteiger partial charge is 0.267 e. The molecule has 0 spiro atoms. The first-order valence-corrected chi connectivity index (χ1v) is 4.97. The molecule has 0 bridgehead atoms. The van der Waals surface area contributed by atoms with Gasteiger partial charge in [-0.3, -0.25) is 10.2 Å². The molecule has 0 unspecified atom stereocenters. The average molecular weight is 222 g/mol. The van der Waals surface area contributed by atoms with Crippen LogP contribution in [0.4, 0.5) is 11.4 Å². The second-order valence-corrected chi connectivity index (χ2v) is 3.94. The topological polar surface area (TPSA) is 61.6 Å². The van der Waals surface area contributed by atoms with Crippen molar-refractivity contribution in [3.8, 4) is 0 Å². The van der Waals surface area contributed by atoms with E-state index in [9.17, 15) is 4.79 Å². The lowest BCUT2D eigenvalue weighted by Gasteiger charge is -2.24. The predicted molar refractivity (Wildman–Crippen MR) is 66.7 cm³/mol. The molecule has 5 nitrogen and oxygen atoms in total. The number of hydrogen-bond donors (Lipinski definition) is 2. The maximum absolute atomic E-state index is 11.6. The summed E-state index contributed by atoms with van der Waals surface area (Å²) in [5, 5.41) is 0. The molecule has 0 saturated heterocycles. The monoisotopic (exact) mass is 222 g/mol. The highest BCUT2D eigenvalue weighted by Crippen LogP contribution is 2.30. The Bertz CT molecular complexity index is 388. The van der Waals surface area contributed by atoms with Crippen LogP contribution in [0.3, 0.4) is 0 Å². The Kier molecular flexibility index (Phi) is 3.73. The van der Waals surface area contributed by atoms with Gasteiger partial charge in [0.25, 0.3) is 5.91 Å². The number of para-hydroxylation sites is 1. The first-order valence-electron chi connectivity index (χ1n) is 4.97. The van der Waals surface area contributed by atoms with Gasteiger partial charge in [0.2, 0.25) is 0 Å². The van der Waals surface area contributed by atoms with Crippen LogP contribution in [0.1, 0.15) is 10.4 Å². The molecule has 0 aliphatic carbocycles. The van der Waals surface area contributed by atoms with E-state index in [0.717, 1.165) is 11.4 Å². The van der Waals surface area contributed by atoms with Gasteiger partial charge in [0.15, 0.2) is 0 Å². The molecule has 3 N–H and O–H groups in total. The molecule has 0 radical (unpaired) electrons. The van der Waals surface area contributed by atoms with Crippen LogP contribution in [0.5, 0.6) is 0 Å². The van der Waals surface area contributed by atoms with E-state index in [1.165, 1.54) is 0 Å². The number of carbonyl (C=O) groups is 1. The molecule has 0 aromatic heterocycles. The number of nitrogens with zero attached hydrogens (tertiary/aromatic N) is 2. The Balaban J connectivity index is 3.38. The molecule has 5 heteroatoms. The lowest BCUT2D eigenvalue weighted by molar-refractivity contribution is 0.0954. The normalized spacial score (nSPS) is 9.81. The fraction of sp³-hybridized carbons (Fsp3) is 0.364. The third-order valence-electron chi connectivity index (χ3n) is 2.32. The van der Waals surface area contributed by atoms with E-state index in [1.807, 2.05) is 50.1 Å². The van der Waals surface area contributed by atoms with E-state index in [-0.39, 0.29) is 5.91 Å². The predicted octanol–water partition coefficient (Wildman–Crippen LogP) is 0.422. The minimum atomic E-state index is -0.285. The molecule has 0 fully saturated rings. The zero-order chi connectivity index (χ0) is 12.3. The quantitative estimate of drug-likeness (QED) is 0.442. The second-order valence-electron chi connectivity index (χ2n) is 3.94. The summed E-state index contributed by atoms with van der Waals surface area (Å²) in [5.41, 5.74) is 4.56. The van der Waals surface area contributed by atoms with E-state index in [2.05, 4.69) is 5.43 Å². The molecule has 0 aliphatic rings. The van der Waals surface area contributed by atoms with Gasteiger partial charge >= 0.3 is 0 Å². The Labute approximate surface area is 95.8 Å². The van der Waals surface area contributed by atoms with Crippen molar-refractivity contribution < 1.29 is 4.79 Å². The molecule has 1 aromatic carbocycles. The SMILES string of the molecule is CN(C)c1cccc(C(=O)NN)c1N(C)C. The maximum atomic E-state index is 11.6. The zero-order valence-corrected chi connectivity index (χ0v) is 10.1. The van der Waals surface area contributed by atoms with Crippen molar-refractivity contribution in [1.29, 1.82) is 0 Å². The number of nitrogens with two attached hydrogens (primary N) is 1. The average Bonchev–Trinajstić information content (AvgIpc) is 2.26. The largest absolute Gasteiger partial charge is 0.376 e. The van der Waals surface area contributed by atoms with E-state index in [0.29, 0.717) is 5.56 Å². The van der Waals surface area contributed by atoms with Gasteiger partial charge < -0.3 is 9.80 Å². The highest BCUT2D eigenvalue weighted by Gasteiger charge is 2.16. The van der Waals surface area contributed by atoms with Gasteiger partial charge in [-0.05, 0) is 12.1 Å². The number of anilines is 2. The first-order chi connectivity index (χ1) is 7.49. The highest BCUT2D eigenvalue weighted by atomic mass is 16.2. The molecule has 0 saturated carbocycles. The van der Waals surface area contributed by atoms with E-state index >= 15 is 0 Å². The summed E-state index contributed by atoms with van der Waals surface area (Å²) in [7, 11) is 7.67. The second kappa shape index (κ2) is 4.85. The van der Waals surface area contributed by atoms with Gasteiger partial charge in [0, 0.05) is 28.2 Å². The van der Waals surface area contributed by atoms with E-state index in [4.69, 9.17) is 5.84 Å². The summed E-state index contributed by atoms with van der Waals surface area (Å²) in [6.07, 6.45) is 0. The Morgan fingerprint density at radius 1 is 1.19 bits per heavy atom. The van der Waals surface area contributed by atoms with Crippen molar-refractivity contribution in [3.05, 3.63) is 23.8 Å². The Morgan fingerprint density at radius 3 is 2.25 bits per heavy atom. The number of carbonyl (C=O) groups excluding carboxylic acids is 1. The van der Waals surface area contributed by atoms with Crippen molar-refractivity contribution in [3.63, 3.8) is 0 Å². The summed E-state index contributed by atoms with van der Waals surface area (Å²) in [4.78, 5) is 15.5. The van der Waals surface area contributed by atoms with Crippen molar-refractivity contribution in [2.24, 2.45) is 5.84 Å². The number of nitrogen functional groups attached to an aromatic ring is 1. The lowest BCUT2D eigenvalue weighted by atomic mass is 10.1. The van der Waals surface area contributed by atoms with Crippen LogP contribution in [0.25, 0.3) is 0 Å². The third kappa shape index (κ3) is 2.25. The van der Waals surface area contributed by atoms with Crippen LogP contribution in [-0.2, 0) is 0 Å². The zero-order valence-electron chi connectivity index (χ0n) is 10.1. The lowest BCUT2D eigenvalue weighted by Crippen LogP contribution is -2.32. The van der Waals surface area contributed by atoms with Crippen LogP contribution < -0.4 is 21.1 Å². The number of hydrazine groups is 1. The van der Waals surface area contributed by atoms with Crippen LogP contribution >= 0.6 is 0 Å². The number of amides is 1. The van der Waals surface area contributed by atoms with Gasteiger partial charge in [-0.15, -0.1) is 0 Å². The fourth-order valence-corrected chi connectivity index (χ4v) is 1.62. The van der Waals surface area contributed by atoms with Gasteiger partial charge in [-0.1, -0.05) is 6.07 Å². The van der Waals surface area contributed by atoms with Crippen molar-refractivity contribution in [2.45, 2.75) is 0 Å². The summed E-state index contributed by atoms with van der Waals surface area (Å²) < 4.78 is 0. The molecule has 1 aromatic rings. The Hall–Kier alpha value is -1.75. The van der Waals surface area contributed by atoms with Crippen LogP contribution in [-0.4, -0.2) is 34.1 Å². The summed E-state index contributed by atoms with van der Waals surface area (Å²) >= 11 is 0. The summed E-state index contributed by atoms with van der Waals surface area (Å²) in [6.45, 7) is 0. The fourth-order valence-electron chi connectivity index (χ4n) is 1.62. The van der Waals surface area contributed by atoms with E-state index in [1.54, 1.807) is 6.07 Å². The highest BCUT2D eigenvalue weighted by molar-refractivity contribution is 6.02. The molecular formula is C11H18N4O. The first kappa shape index (κ1) is 12.3. The van der Waals surface area contributed by atoms with Crippen molar-refractivity contribution >= 4 is 17.3 Å². The molecule has 1 rings (SSSR count). The number of rotatable bonds is 3. The molecule has 88 valence electrons. The molecule has 0 atom stereocenters. The standard InChI is InChI=1S/C11H18N4O/c1-14(2)9-7-5-6-8(11(16)13-12)10(9)15(3)4/h5-7H,12H2,1-4H3,(H,13,16). The minimum Gasteiger partial charge on any atom is -0.376 e. The minimum absolute atomic E-state index is 0.285. The van der Waals surface area contributed by atoms with Crippen LogP contribution in [0.15, 0.2) is 18.2 Å². The summed E-state index contributed by atoms with van der Waals surface area (Å²) in [6, 6.07) is 5.56. The number of nitrogens with one attached hydrogen (secondary N) is 1. The van der Waals surface area contributed by atoms with Crippen molar-refractivity contribution in [2.75, 3.05) is 38.0 Å². The van der Waals surface area contributed by atoms with Crippen LogP contribution in [0.2, 0.25) is 0 Å². The molecule has 1 amide bonds. The number of benzene rings is 1. The maximum Gasteiger partial charge on any atom is 0.267 e. The van der Waals surface area contributed by atoms with Crippen LogP contribution in [0, 0.1) is 0 Å². The molecular weight excluding hydrogens is 204 g/mol.